The van der Waals surface area contributed by atoms with E-state index in [4.69, 9.17) is 9.47 Å². The molecule has 0 aromatic rings. The van der Waals surface area contributed by atoms with Gasteiger partial charge >= 0.3 is 0 Å². The monoisotopic (exact) mass is 203 g/mol. The second kappa shape index (κ2) is 11.0. The van der Waals surface area contributed by atoms with Crippen molar-refractivity contribution in [2.24, 2.45) is 0 Å². The molecule has 0 aliphatic heterocycles. The van der Waals surface area contributed by atoms with Crippen LogP contribution >= 0.6 is 0 Å². The normalized spacial score (nSPS) is 13.1. The van der Waals surface area contributed by atoms with Gasteiger partial charge in [-0.2, -0.15) is 0 Å². The predicted octanol–water partition coefficient (Wildman–Crippen LogP) is 1.82. The molecule has 0 bridgehead atoms. The van der Waals surface area contributed by atoms with Crippen LogP contribution in [0.15, 0.2) is 0 Å². The van der Waals surface area contributed by atoms with Gasteiger partial charge < -0.3 is 14.8 Å². The molecular weight excluding hydrogens is 178 g/mol. The van der Waals surface area contributed by atoms with E-state index in [0.29, 0.717) is 19.3 Å². The van der Waals surface area contributed by atoms with E-state index in [-0.39, 0.29) is 0 Å². The molecule has 0 radical (unpaired) electrons. The Morgan fingerprint density at radius 1 is 1.07 bits per heavy atom. The summed E-state index contributed by atoms with van der Waals surface area (Å²) in [4.78, 5) is 0. The van der Waals surface area contributed by atoms with Crippen LogP contribution in [0, 0.1) is 0 Å². The Balaban J connectivity index is 3.02. The van der Waals surface area contributed by atoms with E-state index in [1.165, 1.54) is 6.42 Å². The van der Waals surface area contributed by atoms with Crippen LogP contribution < -0.4 is 5.32 Å². The van der Waals surface area contributed by atoms with E-state index in [1.54, 1.807) is 0 Å². The van der Waals surface area contributed by atoms with Crippen LogP contribution in [0.1, 0.15) is 33.6 Å². The lowest BCUT2D eigenvalue weighted by Gasteiger charge is -2.12. The lowest BCUT2D eigenvalue weighted by molar-refractivity contribution is 0.0497. The fourth-order valence-corrected chi connectivity index (χ4v) is 1.12. The molecule has 0 amide bonds. The lowest BCUT2D eigenvalue weighted by Crippen LogP contribution is -2.28. The zero-order valence-electron chi connectivity index (χ0n) is 9.84. The molecule has 0 spiro atoms. The van der Waals surface area contributed by atoms with Crippen LogP contribution in [0.5, 0.6) is 0 Å². The Morgan fingerprint density at radius 2 is 1.79 bits per heavy atom. The summed E-state index contributed by atoms with van der Waals surface area (Å²) in [5, 5.41) is 3.42. The van der Waals surface area contributed by atoms with Crippen LogP contribution in [0.3, 0.4) is 0 Å². The van der Waals surface area contributed by atoms with E-state index >= 15 is 0 Å². The smallest absolute Gasteiger partial charge is 0.0700 e. The Labute approximate surface area is 88.2 Å². The van der Waals surface area contributed by atoms with E-state index in [0.717, 1.165) is 26.2 Å². The molecule has 0 aromatic heterocycles. The molecule has 14 heavy (non-hydrogen) atoms. The fraction of sp³-hybridized carbons (Fsp3) is 1.00. The fourth-order valence-electron chi connectivity index (χ4n) is 1.12. The summed E-state index contributed by atoms with van der Waals surface area (Å²) >= 11 is 0. The standard InChI is InChI=1S/C11H25NO2/c1-4-7-12-11(3)6-8-14-10-9-13-5-2/h11-12H,4-10H2,1-3H3. The number of rotatable bonds is 10. The number of hydrogen-bond acceptors (Lipinski definition) is 3. The van der Waals surface area contributed by atoms with Crippen molar-refractivity contribution in [3.63, 3.8) is 0 Å². The molecule has 1 atom stereocenters. The average molecular weight is 203 g/mol. The molecule has 3 heteroatoms. The molecule has 1 N–H and O–H groups in total. The zero-order valence-corrected chi connectivity index (χ0v) is 9.84. The third-order valence-electron chi connectivity index (χ3n) is 2.01. The van der Waals surface area contributed by atoms with Gasteiger partial charge in [0.1, 0.15) is 0 Å². The third-order valence-corrected chi connectivity index (χ3v) is 2.01. The van der Waals surface area contributed by atoms with Gasteiger partial charge in [-0.05, 0) is 33.2 Å². The highest BCUT2D eigenvalue weighted by atomic mass is 16.5. The van der Waals surface area contributed by atoms with Crippen molar-refractivity contribution in [1.29, 1.82) is 0 Å². The summed E-state index contributed by atoms with van der Waals surface area (Å²) in [6.45, 7) is 10.5. The molecule has 0 aromatic carbocycles. The number of nitrogens with one attached hydrogen (secondary N) is 1. The highest BCUT2D eigenvalue weighted by Crippen LogP contribution is 1.92. The van der Waals surface area contributed by atoms with Gasteiger partial charge in [-0.15, -0.1) is 0 Å². The Kier molecular flexibility index (Phi) is 10.9. The first-order valence-corrected chi connectivity index (χ1v) is 5.70. The summed E-state index contributed by atoms with van der Waals surface area (Å²) in [7, 11) is 0. The number of ether oxygens (including phenoxy) is 2. The first kappa shape index (κ1) is 13.9. The lowest BCUT2D eigenvalue weighted by atomic mass is 10.2. The largest absolute Gasteiger partial charge is 0.379 e. The average Bonchev–Trinajstić information content (AvgIpc) is 2.20. The minimum Gasteiger partial charge on any atom is -0.379 e. The van der Waals surface area contributed by atoms with Gasteiger partial charge in [0, 0.05) is 19.3 Å². The van der Waals surface area contributed by atoms with Crippen LogP contribution in [-0.2, 0) is 9.47 Å². The minimum absolute atomic E-state index is 0.557. The maximum Gasteiger partial charge on any atom is 0.0700 e. The van der Waals surface area contributed by atoms with Gasteiger partial charge in [-0.3, -0.25) is 0 Å². The van der Waals surface area contributed by atoms with E-state index in [2.05, 4.69) is 19.2 Å². The van der Waals surface area contributed by atoms with E-state index in [9.17, 15) is 0 Å². The summed E-state index contributed by atoms with van der Waals surface area (Å²) in [6, 6.07) is 0.557. The second-order valence-electron chi connectivity index (χ2n) is 3.45. The van der Waals surface area contributed by atoms with Gasteiger partial charge in [0.05, 0.1) is 13.2 Å². The van der Waals surface area contributed by atoms with Crippen molar-refractivity contribution >= 4 is 0 Å². The third kappa shape index (κ3) is 9.96. The summed E-state index contributed by atoms with van der Waals surface area (Å²) in [5.74, 6) is 0. The summed E-state index contributed by atoms with van der Waals surface area (Å²) in [5.41, 5.74) is 0. The van der Waals surface area contributed by atoms with Crippen molar-refractivity contribution in [2.75, 3.05) is 33.0 Å². The number of hydrogen-bond donors (Lipinski definition) is 1. The van der Waals surface area contributed by atoms with Gasteiger partial charge in [-0.25, -0.2) is 0 Å². The maximum absolute atomic E-state index is 5.42. The molecule has 0 fully saturated rings. The van der Waals surface area contributed by atoms with Gasteiger partial charge in [0.15, 0.2) is 0 Å². The molecule has 0 aliphatic rings. The molecular formula is C11H25NO2. The van der Waals surface area contributed by atoms with E-state index < -0.39 is 0 Å². The van der Waals surface area contributed by atoms with Crippen molar-refractivity contribution < 1.29 is 9.47 Å². The van der Waals surface area contributed by atoms with Gasteiger partial charge in [0.25, 0.3) is 0 Å². The molecule has 0 heterocycles. The van der Waals surface area contributed by atoms with Gasteiger partial charge in [-0.1, -0.05) is 6.92 Å². The van der Waals surface area contributed by atoms with Gasteiger partial charge in [0.2, 0.25) is 0 Å². The Morgan fingerprint density at radius 3 is 2.43 bits per heavy atom. The highest BCUT2D eigenvalue weighted by molar-refractivity contribution is 4.58. The molecule has 1 unspecified atom stereocenters. The van der Waals surface area contributed by atoms with Crippen molar-refractivity contribution in [1.82, 2.24) is 5.32 Å². The first-order valence-electron chi connectivity index (χ1n) is 5.70. The van der Waals surface area contributed by atoms with Crippen LogP contribution in [0.2, 0.25) is 0 Å². The topological polar surface area (TPSA) is 30.5 Å². The zero-order chi connectivity index (χ0) is 10.6. The maximum atomic E-state index is 5.42. The first-order chi connectivity index (χ1) is 6.81. The SMILES string of the molecule is CCCNC(C)CCOCCOCC. The van der Waals surface area contributed by atoms with Crippen LogP contribution in [0.4, 0.5) is 0 Å². The highest BCUT2D eigenvalue weighted by Gasteiger charge is 1.99. The molecule has 3 nitrogen and oxygen atoms in total. The molecule has 86 valence electrons. The van der Waals surface area contributed by atoms with Crippen LogP contribution in [-0.4, -0.2) is 39.0 Å². The summed E-state index contributed by atoms with van der Waals surface area (Å²) < 4.78 is 10.6. The Bertz CT molecular complexity index is 109. The van der Waals surface area contributed by atoms with E-state index in [1.807, 2.05) is 6.92 Å². The molecule has 0 saturated carbocycles. The minimum atomic E-state index is 0.557. The Hall–Kier alpha value is -0.120. The quantitative estimate of drug-likeness (QED) is 0.549. The molecule has 0 rings (SSSR count). The van der Waals surface area contributed by atoms with Crippen molar-refractivity contribution in [3.8, 4) is 0 Å². The molecule has 0 saturated heterocycles. The predicted molar refractivity (Wildman–Crippen MR) is 59.7 cm³/mol. The summed E-state index contributed by atoms with van der Waals surface area (Å²) in [6.07, 6.45) is 2.27. The second-order valence-corrected chi connectivity index (χ2v) is 3.45. The van der Waals surface area contributed by atoms with Crippen LogP contribution in [0.25, 0.3) is 0 Å². The molecule has 0 aliphatic carbocycles. The van der Waals surface area contributed by atoms with Crippen molar-refractivity contribution in [3.05, 3.63) is 0 Å². The van der Waals surface area contributed by atoms with Crippen molar-refractivity contribution in [2.45, 2.75) is 39.7 Å².